The average molecular weight is 353 g/mol. The van der Waals surface area contributed by atoms with Crippen molar-refractivity contribution in [2.24, 2.45) is 13.0 Å². The molecule has 1 saturated heterocycles. The SMILES string of the molecule is Cn1cccc(C(=O)N2CCC(CNS(=O)(=O)C3CC3)CC2)c1=O. The molecule has 2 fully saturated rings. The fourth-order valence-electron chi connectivity index (χ4n) is 3.00. The summed E-state index contributed by atoms with van der Waals surface area (Å²) in [6.45, 7) is 1.54. The smallest absolute Gasteiger partial charge is 0.263 e. The van der Waals surface area contributed by atoms with Crippen molar-refractivity contribution in [1.29, 1.82) is 0 Å². The number of aryl methyl sites for hydroxylation is 1. The lowest BCUT2D eigenvalue weighted by atomic mass is 9.97. The molecule has 2 aliphatic rings. The third-order valence-corrected chi connectivity index (χ3v) is 6.71. The lowest BCUT2D eigenvalue weighted by molar-refractivity contribution is 0.0689. The molecule has 0 aromatic carbocycles. The zero-order chi connectivity index (χ0) is 17.3. The summed E-state index contributed by atoms with van der Waals surface area (Å²) in [5.41, 5.74) is -0.102. The molecule has 7 nitrogen and oxygen atoms in total. The first-order chi connectivity index (χ1) is 11.4. The van der Waals surface area contributed by atoms with Crippen LogP contribution < -0.4 is 10.3 Å². The predicted octanol–water partition coefficient (Wildman–Crippen LogP) is 0.319. The lowest BCUT2D eigenvalue weighted by Crippen LogP contribution is -2.43. The number of aromatic nitrogens is 1. The maximum Gasteiger partial charge on any atom is 0.263 e. The molecule has 1 N–H and O–H groups in total. The van der Waals surface area contributed by atoms with Gasteiger partial charge in [0, 0.05) is 32.9 Å². The summed E-state index contributed by atoms with van der Waals surface area (Å²) < 4.78 is 27.8. The van der Waals surface area contributed by atoms with Crippen molar-refractivity contribution in [3.05, 3.63) is 34.2 Å². The quantitative estimate of drug-likeness (QED) is 0.826. The Bertz CT molecular complexity index is 775. The molecular formula is C16H23N3O4S. The van der Waals surface area contributed by atoms with Crippen LogP contribution in [0.5, 0.6) is 0 Å². The molecule has 1 saturated carbocycles. The highest BCUT2D eigenvalue weighted by atomic mass is 32.2. The number of piperidine rings is 1. The Labute approximate surface area is 141 Å². The van der Waals surface area contributed by atoms with Crippen molar-refractivity contribution >= 4 is 15.9 Å². The third-order valence-electron chi connectivity index (χ3n) is 4.79. The van der Waals surface area contributed by atoms with E-state index in [0.29, 0.717) is 19.6 Å². The molecule has 1 aliphatic heterocycles. The highest BCUT2D eigenvalue weighted by molar-refractivity contribution is 7.90. The Morgan fingerprint density at radius 3 is 2.54 bits per heavy atom. The largest absolute Gasteiger partial charge is 0.338 e. The van der Waals surface area contributed by atoms with E-state index in [9.17, 15) is 18.0 Å². The highest BCUT2D eigenvalue weighted by Crippen LogP contribution is 2.28. The van der Waals surface area contributed by atoms with Crippen LogP contribution in [-0.2, 0) is 17.1 Å². The first kappa shape index (κ1) is 17.2. The van der Waals surface area contributed by atoms with E-state index in [0.717, 1.165) is 25.7 Å². The van der Waals surface area contributed by atoms with Gasteiger partial charge in [-0.2, -0.15) is 0 Å². The van der Waals surface area contributed by atoms with Crippen molar-refractivity contribution < 1.29 is 13.2 Å². The molecule has 132 valence electrons. The summed E-state index contributed by atoms with van der Waals surface area (Å²) >= 11 is 0. The van der Waals surface area contributed by atoms with E-state index in [4.69, 9.17) is 0 Å². The molecule has 1 amide bonds. The lowest BCUT2D eigenvalue weighted by Gasteiger charge is -2.32. The zero-order valence-corrected chi connectivity index (χ0v) is 14.6. The number of carbonyl (C=O) groups excluding carboxylic acids is 1. The molecule has 0 unspecified atom stereocenters. The van der Waals surface area contributed by atoms with E-state index in [1.165, 1.54) is 4.57 Å². The van der Waals surface area contributed by atoms with Crippen LogP contribution >= 0.6 is 0 Å². The van der Waals surface area contributed by atoms with Crippen LogP contribution in [0.2, 0.25) is 0 Å². The minimum Gasteiger partial charge on any atom is -0.338 e. The van der Waals surface area contributed by atoms with Crippen LogP contribution in [0.25, 0.3) is 0 Å². The Hall–Kier alpha value is -1.67. The number of nitrogens with one attached hydrogen (secondary N) is 1. The van der Waals surface area contributed by atoms with Crippen molar-refractivity contribution in [2.75, 3.05) is 19.6 Å². The molecule has 1 aliphatic carbocycles. The zero-order valence-electron chi connectivity index (χ0n) is 13.8. The summed E-state index contributed by atoms with van der Waals surface area (Å²) in [4.78, 5) is 26.2. The molecule has 1 aromatic rings. The van der Waals surface area contributed by atoms with Gasteiger partial charge in [0.05, 0.1) is 5.25 Å². The second-order valence-corrected chi connectivity index (χ2v) is 8.71. The normalized spacial score (nSPS) is 19.5. The Kier molecular flexibility index (Phi) is 4.78. The third kappa shape index (κ3) is 3.70. The number of sulfonamides is 1. The van der Waals surface area contributed by atoms with Crippen LogP contribution in [0.3, 0.4) is 0 Å². The van der Waals surface area contributed by atoms with E-state index >= 15 is 0 Å². The summed E-state index contributed by atoms with van der Waals surface area (Å²) in [5, 5.41) is -0.200. The van der Waals surface area contributed by atoms with Gasteiger partial charge in [-0.15, -0.1) is 0 Å². The van der Waals surface area contributed by atoms with Gasteiger partial charge in [0.15, 0.2) is 0 Å². The number of hydrogen-bond acceptors (Lipinski definition) is 4. The Morgan fingerprint density at radius 1 is 1.25 bits per heavy atom. The fourth-order valence-corrected chi connectivity index (χ4v) is 4.46. The van der Waals surface area contributed by atoms with E-state index in [2.05, 4.69) is 4.72 Å². The summed E-state index contributed by atoms with van der Waals surface area (Å²) in [6.07, 6.45) is 4.62. The van der Waals surface area contributed by atoms with Gasteiger partial charge < -0.3 is 9.47 Å². The van der Waals surface area contributed by atoms with Crippen LogP contribution in [-0.4, -0.2) is 48.7 Å². The molecule has 8 heteroatoms. The highest BCUT2D eigenvalue weighted by Gasteiger charge is 2.36. The molecular weight excluding hydrogens is 330 g/mol. The van der Waals surface area contributed by atoms with E-state index < -0.39 is 10.0 Å². The minimum absolute atomic E-state index is 0.188. The molecule has 3 rings (SSSR count). The second kappa shape index (κ2) is 6.68. The maximum absolute atomic E-state index is 12.5. The molecule has 0 atom stereocenters. The Balaban J connectivity index is 1.54. The average Bonchev–Trinajstić information content (AvgIpc) is 3.41. The van der Waals surface area contributed by atoms with Gasteiger partial charge in [0.1, 0.15) is 5.56 Å². The van der Waals surface area contributed by atoms with E-state index in [1.54, 1.807) is 30.3 Å². The molecule has 2 heterocycles. The number of rotatable bonds is 5. The first-order valence-electron chi connectivity index (χ1n) is 8.32. The van der Waals surface area contributed by atoms with E-state index in [-0.39, 0.29) is 28.2 Å². The van der Waals surface area contributed by atoms with Crippen molar-refractivity contribution in [2.45, 2.75) is 30.9 Å². The predicted molar refractivity (Wildman–Crippen MR) is 90.3 cm³/mol. The van der Waals surface area contributed by atoms with Crippen LogP contribution in [0.4, 0.5) is 0 Å². The number of hydrogen-bond donors (Lipinski definition) is 1. The Morgan fingerprint density at radius 2 is 1.92 bits per heavy atom. The minimum atomic E-state index is -3.14. The number of pyridine rings is 1. The van der Waals surface area contributed by atoms with Crippen LogP contribution in [0.15, 0.2) is 23.1 Å². The van der Waals surface area contributed by atoms with Crippen molar-refractivity contribution in [3.63, 3.8) is 0 Å². The van der Waals surface area contributed by atoms with Gasteiger partial charge in [0.2, 0.25) is 10.0 Å². The van der Waals surface area contributed by atoms with Crippen LogP contribution in [0, 0.1) is 5.92 Å². The standard InChI is InChI=1S/C16H23N3O4S/c1-18-8-2-3-14(15(18)20)16(21)19-9-6-12(7-10-19)11-17-24(22,23)13-4-5-13/h2-3,8,12-13,17H,4-7,9-11H2,1H3. The van der Waals surface area contributed by atoms with Crippen molar-refractivity contribution in [1.82, 2.24) is 14.2 Å². The number of amides is 1. The van der Waals surface area contributed by atoms with Crippen molar-refractivity contribution in [3.8, 4) is 0 Å². The van der Waals surface area contributed by atoms with Gasteiger partial charge >= 0.3 is 0 Å². The number of nitrogens with zero attached hydrogens (tertiary/aromatic N) is 2. The van der Waals surface area contributed by atoms with Gasteiger partial charge in [-0.05, 0) is 43.7 Å². The number of carbonyl (C=O) groups is 1. The first-order valence-corrected chi connectivity index (χ1v) is 9.86. The molecule has 24 heavy (non-hydrogen) atoms. The van der Waals surface area contributed by atoms with Crippen LogP contribution in [0.1, 0.15) is 36.0 Å². The van der Waals surface area contributed by atoms with Gasteiger partial charge in [-0.1, -0.05) is 0 Å². The monoisotopic (exact) mass is 353 g/mol. The summed E-state index contributed by atoms with van der Waals surface area (Å²) in [7, 11) is -1.52. The second-order valence-electron chi connectivity index (χ2n) is 6.67. The molecule has 0 radical (unpaired) electrons. The molecule has 1 aromatic heterocycles. The molecule has 0 spiro atoms. The summed E-state index contributed by atoms with van der Waals surface area (Å²) in [6, 6.07) is 3.24. The topological polar surface area (TPSA) is 88.5 Å². The van der Waals surface area contributed by atoms with Gasteiger partial charge in [-0.3, -0.25) is 9.59 Å². The molecule has 0 bridgehead atoms. The summed E-state index contributed by atoms with van der Waals surface area (Å²) in [5.74, 6) is -0.00519. The van der Waals surface area contributed by atoms with E-state index in [1.807, 2.05) is 0 Å². The fraction of sp³-hybridized carbons (Fsp3) is 0.625. The van der Waals surface area contributed by atoms with Gasteiger partial charge in [-0.25, -0.2) is 13.1 Å². The maximum atomic E-state index is 12.5. The number of likely N-dealkylation sites (tertiary alicyclic amines) is 1. The van der Waals surface area contributed by atoms with Gasteiger partial charge in [0.25, 0.3) is 11.5 Å².